The molecule has 43 heavy (non-hydrogen) atoms. The molecule has 9 nitrogen and oxygen atoms in total. The highest BCUT2D eigenvalue weighted by molar-refractivity contribution is 7.92. The number of halogens is 1. The Balaban J connectivity index is 1.48. The van der Waals surface area contributed by atoms with Crippen LogP contribution in [0.15, 0.2) is 77.7 Å². The number of rotatable bonds is 10. The lowest BCUT2D eigenvalue weighted by Crippen LogP contribution is -2.53. The van der Waals surface area contributed by atoms with E-state index < -0.39 is 28.5 Å². The number of nitrogens with zero attached hydrogens (tertiary/aromatic N) is 2. The molecule has 3 aromatic rings. The minimum absolute atomic E-state index is 0.0298. The van der Waals surface area contributed by atoms with E-state index in [2.05, 4.69) is 5.32 Å². The van der Waals surface area contributed by atoms with Gasteiger partial charge in [-0.25, -0.2) is 8.42 Å². The summed E-state index contributed by atoms with van der Waals surface area (Å²) in [6, 6.07) is 18.9. The molecule has 0 aromatic heterocycles. The monoisotopic (exact) mass is 625 g/mol. The number of fused-ring (bicyclic) bond motifs is 1. The van der Waals surface area contributed by atoms with Crippen LogP contribution >= 0.6 is 11.6 Å². The topological polar surface area (TPSA) is 105 Å². The van der Waals surface area contributed by atoms with E-state index in [4.69, 9.17) is 21.1 Å². The van der Waals surface area contributed by atoms with Crippen LogP contribution in [0.4, 0.5) is 5.69 Å². The number of carbonyl (C=O) groups is 2. The molecule has 0 bridgehead atoms. The van der Waals surface area contributed by atoms with Crippen LogP contribution in [0.2, 0.25) is 5.02 Å². The fourth-order valence-corrected chi connectivity index (χ4v) is 7.06. The maximum Gasteiger partial charge on any atom is 0.264 e. The van der Waals surface area contributed by atoms with Crippen molar-refractivity contribution in [3.63, 3.8) is 0 Å². The molecule has 0 saturated heterocycles. The van der Waals surface area contributed by atoms with Gasteiger partial charge in [0, 0.05) is 23.7 Å². The van der Waals surface area contributed by atoms with Gasteiger partial charge in [0.15, 0.2) is 11.5 Å². The molecule has 1 saturated carbocycles. The van der Waals surface area contributed by atoms with Gasteiger partial charge in [0.05, 0.1) is 10.6 Å². The number of anilines is 1. The van der Waals surface area contributed by atoms with Crippen molar-refractivity contribution in [1.29, 1.82) is 0 Å². The lowest BCUT2D eigenvalue weighted by atomic mass is 9.95. The Morgan fingerprint density at radius 1 is 0.930 bits per heavy atom. The third-order valence-corrected chi connectivity index (χ3v) is 9.81. The molecule has 0 spiro atoms. The average molecular weight is 626 g/mol. The van der Waals surface area contributed by atoms with E-state index in [1.54, 1.807) is 61.5 Å². The van der Waals surface area contributed by atoms with Gasteiger partial charge in [-0.3, -0.25) is 13.9 Å². The number of carbonyl (C=O) groups excluding carboxylic acids is 2. The zero-order chi connectivity index (χ0) is 30.4. The molecular formula is C32H36ClN3O6S. The van der Waals surface area contributed by atoms with Crippen LogP contribution in [0.25, 0.3) is 0 Å². The van der Waals surface area contributed by atoms with E-state index in [1.807, 2.05) is 6.07 Å². The number of ether oxygens (including phenoxy) is 2. The van der Waals surface area contributed by atoms with E-state index in [0.29, 0.717) is 29.7 Å². The summed E-state index contributed by atoms with van der Waals surface area (Å²) in [5.41, 5.74) is 0.957. The molecule has 11 heteroatoms. The van der Waals surface area contributed by atoms with Crippen LogP contribution in [-0.2, 0) is 26.2 Å². The van der Waals surface area contributed by atoms with Gasteiger partial charge in [-0.15, -0.1) is 0 Å². The first-order valence-corrected chi connectivity index (χ1v) is 16.4. The molecule has 1 atom stereocenters. The van der Waals surface area contributed by atoms with E-state index >= 15 is 0 Å². The predicted molar refractivity (Wildman–Crippen MR) is 165 cm³/mol. The van der Waals surface area contributed by atoms with Gasteiger partial charge in [-0.1, -0.05) is 61.2 Å². The van der Waals surface area contributed by atoms with Crippen LogP contribution < -0.4 is 19.1 Å². The van der Waals surface area contributed by atoms with E-state index in [-0.39, 0.29) is 29.1 Å². The van der Waals surface area contributed by atoms with Gasteiger partial charge >= 0.3 is 0 Å². The van der Waals surface area contributed by atoms with Crippen molar-refractivity contribution in [2.45, 2.75) is 62.6 Å². The highest BCUT2D eigenvalue weighted by Crippen LogP contribution is 2.36. The Hall–Kier alpha value is -3.76. The summed E-state index contributed by atoms with van der Waals surface area (Å²) in [7, 11) is -4.19. The van der Waals surface area contributed by atoms with Crippen LogP contribution in [-0.4, -0.2) is 57.0 Å². The molecule has 1 aliphatic carbocycles. The van der Waals surface area contributed by atoms with Gasteiger partial charge in [0.25, 0.3) is 10.0 Å². The van der Waals surface area contributed by atoms with Crippen molar-refractivity contribution >= 4 is 39.1 Å². The van der Waals surface area contributed by atoms with Crippen molar-refractivity contribution in [3.8, 4) is 11.5 Å². The van der Waals surface area contributed by atoms with Crippen molar-refractivity contribution < 1.29 is 27.5 Å². The number of nitrogens with one attached hydrogen (secondary N) is 1. The summed E-state index contributed by atoms with van der Waals surface area (Å²) in [5.74, 6) is 0.0641. The third-order valence-electron chi connectivity index (χ3n) is 7.78. The summed E-state index contributed by atoms with van der Waals surface area (Å²) in [6.07, 6.45) is 5.04. The lowest BCUT2D eigenvalue weighted by molar-refractivity contribution is -0.139. The highest BCUT2D eigenvalue weighted by atomic mass is 35.5. The van der Waals surface area contributed by atoms with Crippen LogP contribution in [0.3, 0.4) is 0 Å². The number of sulfonamides is 1. The SMILES string of the molecule is CC(C(=O)NC1CCCCC1)N(Cc1cccc(Cl)c1)C(=O)CN(c1ccc2c(c1)OCCO2)S(=O)(=O)c1ccccc1. The summed E-state index contributed by atoms with van der Waals surface area (Å²) < 4.78 is 40.4. The van der Waals surface area contributed by atoms with Gasteiger partial charge < -0.3 is 19.7 Å². The first kappa shape index (κ1) is 30.7. The minimum atomic E-state index is -4.19. The molecule has 3 aromatic carbocycles. The number of hydrogen-bond donors (Lipinski definition) is 1. The van der Waals surface area contributed by atoms with E-state index in [0.717, 1.165) is 42.0 Å². The molecular weight excluding hydrogens is 590 g/mol. The fraction of sp³-hybridized carbons (Fsp3) is 0.375. The highest BCUT2D eigenvalue weighted by Gasteiger charge is 2.34. The van der Waals surface area contributed by atoms with Crippen LogP contribution in [0.1, 0.15) is 44.6 Å². The van der Waals surface area contributed by atoms with Gasteiger partial charge in [0.1, 0.15) is 25.8 Å². The maximum atomic E-state index is 14.2. The Bertz CT molecular complexity index is 1550. The average Bonchev–Trinajstić information content (AvgIpc) is 3.02. The molecule has 228 valence electrons. The van der Waals surface area contributed by atoms with E-state index in [9.17, 15) is 18.0 Å². The Morgan fingerprint density at radius 2 is 1.65 bits per heavy atom. The molecule has 1 heterocycles. The Labute approximate surface area is 257 Å². The maximum absolute atomic E-state index is 14.2. The first-order valence-electron chi connectivity index (χ1n) is 14.5. The minimum Gasteiger partial charge on any atom is -0.486 e. The third kappa shape index (κ3) is 7.43. The smallest absolute Gasteiger partial charge is 0.264 e. The molecule has 1 N–H and O–H groups in total. The second kappa shape index (κ2) is 13.7. The second-order valence-corrected chi connectivity index (χ2v) is 13.1. The van der Waals surface area contributed by atoms with Gasteiger partial charge in [0.2, 0.25) is 11.8 Å². The standard InChI is InChI=1S/C32H36ClN3O6S/c1-23(32(38)34-26-11-4-2-5-12-26)35(21-24-9-8-10-25(33)19-24)31(37)22-36(43(39,40)28-13-6-3-7-14-28)27-15-16-29-30(20-27)42-18-17-41-29/h3,6-10,13-16,19-20,23,26H,2,4-5,11-12,17-18,21-22H2,1H3,(H,34,38). The second-order valence-electron chi connectivity index (χ2n) is 10.8. The zero-order valence-electron chi connectivity index (χ0n) is 24.1. The lowest BCUT2D eigenvalue weighted by Gasteiger charge is -2.33. The summed E-state index contributed by atoms with van der Waals surface area (Å²) in [6.45, 7) is 1.90. The Kier molecular flexibility index (Phi) is 9.77. The molecule has 0 radical (unpaired) electrons. The molecule has 2 amide bonds. The predicted octanol–water partition coefficient (Wildman–Crippen LogP) is 5.17. The van der Waals surface area contributed by atoms with Crippen molar-refractivity contribution in [3.05, 3.63) is 83.4 Å². The normalized spacial score (nSPS) is 15.8. The van der Waals surface area contributed by atoms with Crippen molar-refractivity contribution in [2.75, 3.05) is 24.1 Å². The molecule has 2 aliphatic rings. The number of amides is 2. The largest absolute Gasteiger partial charge is 0.486 e. The molecule has 1 aliphatic heterocycles. The first-order chi connectivity index (χ1) is 20.7. The Morgan fingerprint density at radius 3 is 2.37 bits per heavy atom. The number of benzene rings is 3. The van der Waals surface area contributed by atoms with Crippen molar-refractivity contribution in [2.24, 2.45) is 0 Å². The summed E-state index contributed by atoms with van der Waals surface area (Å²) >= 11 is 6.24. The van der Waals surface area contributed by atoms with Crippen LogP contribution in [0.5, 0.6) is 11.5 Å². The summed E-state index contributed by atoms with van der Waals surface area (Å²) in [5, 5.41) is 3.60. The summed E-state index contributed by atoms with van der Waals surface area (Å²) in [4.78, 5) is 29.1. The van der Waals surface area contributed by atoms with Crippen LogP contribution in [0, 0.1) is 0 Å². The van der Waals surface area contributed by atoms with Crippen molar-refractivity contribution in [1.82, 2.24) is 10.2 Å². The van der Waals surface area contributed by atoms with Gasteiger partial charge in [-0.05, 0) is 61.7 Å². The molecule has 1 unspecified atom stereocenters. The quantitative estimate of drug-likeness (QED) is 0.333. The molecule has 1 fully saturated rings. The molecule has 5 rings (SSSR count). The van der Waals surface area contributed by atoms with Gasteiger partial charge in [-0.2, -0.15) is 0 Å². The number of hydrogen-bond acceptors (Lipinski definition) is 6. The zero-order valence-corrected chi connectivity index (χ0v) is 25.6. The fourth-order valence-electron chi connectivity index (χ4n) is 5.42. The van der Waals surface area contributed by atoms with E-state index in [1.165, 1.54) is 17.0 Å².